The molecule has 0 saturated heterocycles. The average Bonchev–Trinajstić information content (AvgIpc) is 4.18. The fourth-order valence-electron chi connectivity index (χ4n) is 9.40. The van der Waals surface area contributed by atoms with Crippen molar-refractivity contribution in [3.05, 3.63) is 153 Å². The van der Waals surface area contributed by atoms with E-state index in [9.17, 15) is 13.2 Å². The Kier molecular flexibility index (Phi) is 11.3. The number of aromatic nitrogens is 6. The van der Waals surface area contributed by atoms with E-state index in [0.717, 1.165) is 81.1 Å². The van der Waals surface area contributed by atoms with Crippen LogP contribution in [-0.4, -0.2) is 44.9 Å². The summed E-state index contributed by atoms with van der Waals surface area (Å²) in [5.41, 5.74) is 14.1. The van der Waals surface area contributed by atoms with Crippen LogP contribution in [0.25, 0.3) is 0 Å². The number of aryl methyl sites for hydroxylation is 4. The van der Waals surface area contributed by atoms with Crippen molar-refractivity contribution in [3.63, 3.8) is 0 Å². The molecule has 326 valence electrons. The monoisotopic (exact) mass is 892 g/mol. The van der Waals surface area contributed by atoms with Gasteiger partial charge in [-0.3, -0.25) is 0 Å². The van der Waals surface area contributed by atoms with E-state index in [1.54, 1.807) is 54.6 Å². The molecule has 0 spiro atoms. The zero-order chi connectivity index (χ0) is 43.7. The van der Waals surface area contributed by atoms with Crippen LogP contribution in [0.2, 0.25) is 0 Å². The molecule has 2 unspecified atom stereocenters. The molecule has 16 heteroatoms. The van der Waals surface area contributed by atoms with E-state index < -0.39 is 25.6 Å². The van der Waals surface area contributed by atoms with Crippen LogP contribution in [0.3, 0.4) is 0 Å². The van der Waals surface area contributed by atoms with Crippen LogP contribution in [-0.2, 0) is 82.2 Å². The van der Waals surface area contributed by atoms with Crippen molar-refractivity contribution >= 4 is 48.8 Å². The summed E-state index contributed by atoms with van der Waals surface area (Å²) in [6.45, 7) is 0.0287. The standard InChI is InChI=1S/C28H27N5O3S.C20H21N5OS/c34-28(36-18-19-9-3-1-4-10-19)33-37(35,22-13-5-2-6-14-22)27-30-26(31-32-27)29-25-23-15-7-11-20(23)17-21-12-8-16-24(21)25;21-27(26,15-8-2-1-3-9-15)20-23-19(24-25-20)22-18-16-10-4-6-13(16)12-14-7-5-11-17(14)18/h1-6,9-10,13-14,17H,7-8,11-12,15-16,18H2,(H2,29,30,31,32);1-3,8-9,12,21H,4-7,10-11H2,(H2,22,23,24,25). The SMILES string of the molecule is N=S(=O)(c1ccccc1)c1nc(Nc2c3c(cc4c2CCC4)CCC3)n[nH]1.O=C(N=S(=O)(c1ccccc1)c1nc(Nc2c3c(cc4c2CCC4)CCC3)n[nH]1)OCc1ccccc1. The molecule has 5 aromatic carbocycles. The second-order valence-corrected chi connectivity index (χ2v) is 20.5. The number of amides is 1. The lowest BCUT2D eigenvalue weighted by molar-refractivity contribution is 0.151. The molecule has 64 heavy (non-hydrogen) atoms. The van der Waals surface area contributed by atoms with Crippen LogP contribution in [0.4, 0.5) is 28.1 Å². The summed E-state index contributed by atoms with van der Waals surface area (Å²) in [6, 6.07) is 31.4. The Morgan fingerprint density at radius 1 is 0.594 bits per heavy atom. The third-order valence-electron chi connectivity index (χ3n) is 12.4. The predicted molar refractivity (Wildman–Crippen MR) is 244 cm³/mol. The lowest BCUT2D eigenvalue weighted by Gasteiger charge is -2.15. The molecule has 0 aliphatic heterocycles. The highest BCUT2D eigenvalue weighted by Crippen LogP contribution is 2.41. The quantitative estimate of drug-likeness (QED) is 0.0879. The molecular formula is C48H48N10O4S2. The van der Waals surface area contributed by atoms with E-state index in [2.05, 4.69) is 57.5 Å². The molecule has 0 fully saturated rings. The smallest absolute Gasteiger partial charge is 0.442 e. The Morgan fingerprint density at radius 2 is 1.02 bits per heavy atom. The minimum Gasteiger partial charge on any atom is -0.443 e. The Balaban J connectivity index is 0.000000159. The molecule has 0 bridgehead atoms. The van der Waals surface area contributed by atoms with Crippen molar-refractivity contribution in [2.75, 3.05) is 10.6 Å². The summed E-state index contributed by atoms with van der Waals surface area (Å²) < 4.78 is 44.8. The fraction of sp³-hybridized carbons (Fsp3) is 0.271. The molecule has 4 aliphatic carbocycles. The number of benzene rings is 5. The maximum absolute atomic E-state index is 14.2. The van der Waals surface area contributed by atoms with Crippen LogP contribution in [0.1, 0.15) is 75.8 Å². The molecule has 7 aromatic rings. The second kappa shape index (κ2) is 17.5. The van der Waals surface area contributed by atoms with Gasteiger partial charge in [-0.15, -0.1) is 14.6 Å². The van der Waals surface area contributed by atoms with Gasteiger partial charge in [-0.2, -0.15) is 9.97 Å². The van der Waals surface area contributed by atoms with Crippen LogP contribution in [0, 0.1) is 4.78 Å². The van der Waals surface area contributed by atoms with Crippen molar-refractivity contribution < 1.29 is 17.9 Å². The Labute approximate surface area is 372 Å². The number of carbonyl (C=O) groups is 1. The number of carbonyl (C=O) groups excluding carboxylic acids is 1. The van der Waals surface area contributed by atoms with Gasteiger partial charge < -0.3 is 15.4 Å². The highest BCUT2D eigenvalue weighted by Gasteiger charge is 2.28. The Hall–Kier alpha value is -6.65. The number of hydrogen-bond donors (Lipinski definition) is 5. The average molecular weight is 893 g/mol. The first-order chi connectivity index (χ1) is 31.2. The van der Waals surface area contributed by atoms with Gasteiger partial charge in [0.2, 0.25) is 22.2 Å². The minimum atomic E-state index is -3.46. The van der Waals surface area contributed by atoms with Crippen LogP contribution >= 0.6 is 0 Å². The van der Waals surface area contributed by atoms with Gasteiger partial charge in [0.15, 0.2) is 0 Å². The maximum atomic E-state index is 14.2. The summed E-state index contributed by atoms with van der Waals surface area (Å²) >= 11 is 0. The summed E-state index contributed by atoms with van der Waals surface area (Å²) in [6.07, 6.45) is 12.3. The molecule has 0 radical (unpaired) electrons. The number of hydrogen-bond acceptors (Lipinski definition) is 11. The third-order valence-corrected chi connectivity index (χ3v) is 16.1. The van der Waals surface area contributed by atoms with Crippen LogP contribution < -0.4 is 10.6 Å². The van der Waals surface area contributed by atoms with Crippen molar-refractivity contribution in [2.24, 2.45) is 4.36 Å². The van der Waals surface area contributed by atoms with E-state index >= 15 is 0 Å². The van der Waals surface area contributed by atoms with Crippen LogP contribution in [0.15, 0.2) is 128 Å². The highest BCUT2D eigenvalue weighted by atomic mass is 32.2. The summed E-state index contributed by atoms with van der Waals surface area (Å²) in [5.74, 6) is 0.691. The third kappa shape index (κ3) is 8.18. The van der Waals surface area contributed by atoms with Gasteiger partial charge in [-0.05, 0) is 151 Å². The van der Waals surface area contributed by atoms with Crippen molar-refractivity contribution in [1.82, 2.24) is 30.4 Å². The number of H-pyrrole nitrogens is 2. The molecule has 0 saturated carbocycles. The van der Waals surface area contributed by atoms with Crippen LogP contribution in [0.5, 0.6) is 0 Å². The molecule has 14 nitrogen and oxygen atoms in total. The lowest BCUT2D eigenvalue weighted by Crippen LogP contribution is -2.09. The molecule has 2 atom stereocenters. The van der Waals surface area contributed by atoms with E-state index in [0.29, 0.717) is 21.7 Å². The number of fused-ring (bicyclic) bond motifs is 4. The molecule has 4 aliphatic rings. The number of nitrogens with zero attached hydrogens (tertiary/aromatic N) is 5. The molecule has 5 N–H and O–H groups in total. The first kappa shape index (κ1) is 41.4. The molecule has 2 heterocycles. The van der Waals surface area contributed by atoms with Gasteiger partial charge in [0.1, 0.15) is 26.1 Å². The maximum Gasteiger partial charge on any atom is 0.442 e. The molecular weight excluding hydrogens is 845 g/mol. The lowest BCUT2D eigenvalue weighted by atomic mass is 9.99. The Bertz CT molecular complexity index is 3040. The van der Waals surface area contributed by atoms with Gasteiger partial charge in [0.25, 0.3) is 0 Å². The van der Waals surface area contributed by atoms with E-state index in [-0.39, 0.29) is 16.9 Å². The normalized spacial score (nSPS) is 16.2. The minimum absolute atomic E-state index is 0.00193. The van der Waals surface area contributed by atoms with E-state index in [1.807, 2.05) is 36.4 Å². The van der Waals surface area contributed by atoms with E-state index in [1.165, 1.54) is 57.3 Å². The number of aromatic amines is 2. The predicted octanol–water partition coefficient (Wildman–Crippen LogP) is 9.74. The zero-order valence-electron chi connectivity index (χ0n) is 35.2. The van der Waals surface area contributed by atoms with Gasteiger partial charge in [0.05, 0.1) is 9.79 Å². The number of ether oxygens (including phenoxy) is 1. The van der Waals surface area contributed by atoms with Gasteiger partial charge in [0, 0.05) is 11.4 Å². The molecule has 11 rings (SSSR count). The summed E-state index contributed by atoms with van der Waals surface area (Å²) in [4.78, 5) is 22.3. The van der Waals surface area contributed by atoms with E-state index in [4.69, 9.17) is 9.52 Å². The number of rotatable bonds is 10. The zero-order valence-corrected chi connectivity index (χ0v) is 36.8. The first-order valence-corrected chi connectivity index (χ1v) is 24.9. The summed E-state index contributed by atoms with van der Waals surface area (Å²) in [5, 5.41) is 20.9. The first-order valence-electron chi connectivity index (χ1n) is 21.8. The Morgan fingerprint density at radius 3 is 1.50 bits per heavy atom. The van der Waals surface area contributed by atoms with Gasteiger partial charge >= 0.3 is 6.09 Å². The largest absolute Gasteiger partial charge is 0.443 e. The number of anilines is 4. The highest BCUT2D eigenvalue weighted by molar-refractivity contribution is 7.93. The van der Waals surface area contributed by atoms with Crippen molar-refractivity contribution in [3.8, 4) is 0 Å². The molecule has 1 amide bonds. The van der Waals surface area contributed by atoms with Crippen molar-refractivity contribution in [2.45, 2.75) is 104 Å². The topological polar surface area (TPSA) is 204 Å². The van der Waals surface area contributed by atoms with Gasteiger partial charge in [-0.1, -0.05) is 78.9 Å². The van der Waals surface area contributed by atoms with Crippen molar-refractivity contribution in [1.29, 1.82) is 4.78 Å². The number of nitrogens with one attached hydrogen (secondary N) is 5. The second-order valence-electron chi connectivity index (χ2n) is 16.5. The molecule has 2 aromatic heterocycles. The van der Waals surface area contributed by atoms with Gasteiger partial charge in [-0.25, -0.2) is 28.2 Å². The summed E-state index contributed by atoms with van der Waals surface area (Å²) in [7, 11) is -6.67. The fourth-order valence-corrected chi connectivity index (χ4v) is 12.1.